The third-order valence-electron chi connectivity index (χ3n) is 4.29. The fourth-order valence-corrected chi connectivity index (χ4v) is 2.90. The lowest BCUT2D eigenvalue weighted by Crippen LogP contribution is -2.24. The average molecular weight is 350 g/mol. The number of nitrogens with one attached hydrogen (secondary N) is 1. The largest absolute Gasteiger partial charge is 0.376 e. The molecule has 0 saturated heterocycles. The SMILES string of the molecule is Cc1cccc2c(=O)n(CCC(=O)Nc3ccccc3N(C)C)cnc12. The predicted molar refractivity (Wildman–Crippen MR) is 105 cm³/mol. The number of para-hydroxylation sites is 3. The minimum atomic E-state index is -0.143. The fourth-order valence-electron chi connectivity index (χ4n) is 2.90. The number of aryl methyl sites for hydroxylation is 2. The number of amides is 1. The Kier molecular flexibility index (Phi) is 5.02. The van der Waals surface area contributed by atoms with Gasteiger partial charge in [0.25, 0.3) is 5.56 Å². The molecule has 1 heterocycles. The maximum atomic E-state index is 12.6. The Morgan fingerprint density at radius 3 is 2.69 bits per heavy atom. The highest BCUT2D eigenvalue weighted by Crippen LogP contribution is 2.23. The number of hydrogen-bond donors (Lipinski definition) is 1. The van der Waals surface area contributed by atoms with E-state index >= 15 is 0 Å². The van der Waals surface area contributed by atoms with Gasteiger partial charge in [-0.1, -0.05) is 24.3 Å². The van der Waals surface area contributed by atoms with E-state index < -0.39 is 0 Å². The molecule has 0 fully saturated rings. The highest BCUT2D eigenvalue weighted by atomic mass is 16.2. The van der Waals surface area contributed by atoms with Gasteiger partial charge < -0.3 is 10.2 Å². The van der Waals surface area contributed by atoms with Crippen LogP contribution in [-0.4, -0.2) is 29.6 Å². The van der Waals surface area contributed by atoms with Gasteiger partial charge in [0.1, 0.15) is 0 Å². The topological polar surface area (TPSA) is 67.2 Å². The molecule has 0 saturated carbocycles. The quantitative estimate of drug-likeness (QED) is 0.768. The van der Waals surface area contributed by atoms with Crippen molar-refractivity contribution in [3.8, 4) is 0 Å². The number of carbonyl (C=O) groups is 1. The number of aromatic nitrogens is 2. The van der Waals surface area contributed by atoms with Gasteiger partial charge in [-0.15, -0.1) is 0 Å². The molecule has 1 aromatic heterocycles. The molecule has 0 aliphatic heterocycles. The third kappa shape index (κ3) is 3.59. The first-order valence-corrected chi connectivity index (χ1v) is 8.48. The summed E-state index contributed by atoms with van der Waals surface area (Å²) in [6.07, 6.45) is 1.71. The number of fused-ring (bicyclic) bond motifs is 1. The number of rotatable bonds is 5. The van der Waals surface area contributed by atoms with Crippen LogP contribution in [0, 0.1) is 6.92 Å². The highest BCUT2D eigenvalue weighted by Gasteiger charge is 2.10. The van der Waals surface area contributed by atoms with Gasteiger partial charge in [-0.3, -0.25) is 14.2 Å². The Labute approximate surface area is 152 Å². The molecule has 0 atom stereocenters. The molecule has 0 unspecified atom stereocenters. The Hall–Kier alpha value is -3.15. The molecule has 0 aliphatic carbocycles. The van der Waals surface area contributed by atoms with Gasteiger partial charge in [-0.2, -0.15) is 0 Å². The molecule has 2 aromatic carbocycles. The van der Waals surface area contributed by atoms with Gasteiger partial charge in [0, 0.05) is 27.1 Å². The van der Waals surface area contributed by atoms with Crippen LogP contribution in [0.2, 0.25) is 0 Å². The van der Waals surface area contributed by atoms with Crippen molar-refractivity contribution in [2.75, 3.05) is 24.3 Å². The summed E-state index contributed by atoms with van der Waals surface area (Å²) in [6, 6.07) is 13.1. The van der Waals surface area contributed by atoms with Gasteiger partial charge >= 0.3 is 0 Å². The van der Waals surface area contributed by atoms with E-state index in [0.717, 1.165) is 16.9 Å². The van der Waals surface area contributed by atoms with Crippen LogP contribution in [0.25, 0.3) is 10.9 Å². The lowest BCUT2D eigenvalue weighted by atomic mass is 10.1. The van der Waals surface area contributed by atoms with Crippen LogP contribution in [-0.2, 0) is 11.3 Å². The minimum absolute atomic E-state index is 0.125. The van der Waals surface area contributed by atoms with Gasteiger partial charge in [0.15, 0.2) is 0 Å². The van der Waals surface area contributed by atoms with Crippen molar-refractivity contribution in [2.24, 2.45) is 0 Å². The van der Waals surface area contributed by atoms with Crippen molar-refractivity contribution in [1.29, 1.82) is 0 Å². The first-order valence-electron chi connectivity index (χ1n) is 8.48. The summed E-state index contributed by atoms with van der Waals surface area (Å²) in [5, 5.41) is 3.49. The van der Waals surface area contributed by atoms with Crippen LogP contribution >= 0.6 is 0 Å². The second-order valence-electron chi connectivity index (χ2n) is 6.42. The van der Waals surface area contributed by atoms with Crippen LogP contribution in [0.5, 0.6) is 0 Å². The predicted octanol–water partition coefficient (Wildman–Crippen LogP) is 2.80. The zero-order valence-electron chi connectivity index (χ0n) is 15.2. The van der Waals surface area contributed by atoms with Crippen molar-refractivity contribution in [2.45, 2.75) is 19.9 Å². The van der Waals surface area contributed by atoms with Crippen LogP contribution in [0.4, 0.5) is 11.4 Å². The lowest BCUT2D eigenvalue weighted by molar-refractivity contribution is -0.116. The maximum absolute atomic E-state index is 12.6. The molecular weight excluding hydrogens is 328 g/mol. The summed E-state index contributed by atoms with van der Waals surface area (Å²) in [6.45, 7) is 2.21. The molecule has 0 radical (unpaired) electrons. The van der Waals surface area contributed by atoms with Crippen molar-refractivity contribution in [3.63, 3.8) is 0 Å². The van der Waals surface area contributed by atoms with E-state index in [1.807, 2.05) is 62.3 Å². The molecule has 1 N–H and O–H groups in total. The number of anilines is 2. The molecule has 6 heteroatoms. The highest BCUT2D eigenvalue weighted by molar-refractivity contribution is 5.94. The molecule has 134 valence electrons. The first-order chi connectivity index (χ1) is 12.5. The molecular formula is C20H22N4O2. The average Bonchev–Trinajstić information content (AvgIpc) is 2.62. The minimum Gasteiger partial charge on any atom is -0.376 e. The standard InChI is InChI=1S/C20H22N4O2/c1-14-7-6-8-15-19(14)21-13-24(20(15)26)12-11-18(25)22-16-9-4-5-10-17(16)23(2)3/h4-10,13H,11-12H2,1-3H3,(H,22,25). The second kappa shape index (κ2) is 7.39. The summed E-state index contributed by atoms with van der Waals surface area (Å²) in [4.78, 5) is 31.2. The molecule has 3 rings (SSSR count). The van der Waals surface area contributed by atoms with E-state index in [-0.39, 0.29) is 24.4 Å². The number of carbonyl (C=O) groups excluding carboxylic acids is 1. The summed E-state index contributed by atoms with van der Waals surface area (Å²) < 4.78 is 1.49. The molecule has 1 amide bonds. The first kappa shape index (κ1) is 17.7. The van der Waals surface area contributed by atoms with Crippen LogP contribution in [0.15, 0.2) is 53.6 Å². The normalized spacial score (nSPS) is 10.7. The second-order valence-corrected chi connectivity index (χ2v) is 6.42. The van der Waals surface area contributed by atoms with Crippen molar-refractivity contribution in [1.82, 2.24) is 9.55 Å². The Bertz CT molecular complexity index is 1010. The van der Waals surface area contributed by atoms with Gasteiger partial charge in [-0.25, -0.2) is 4.98 Å². The summed E-state index contributed by atoms with van der Waals surface area (Å²) >= 11 is 0. The lowest BCUT2D eigenvalue weighted by Gasteiger charge is -2.17. The van der Waals surface area contributed by atoms with Crippen molar-refractivity contribution >= 4 is 28.2 Å². The number of hydrogen-bond acceptors (Lipinski definition) is 4. The summed E-state index contributed by atoms with van der Waals surface area (Å²) in [7, 11) is 3.85. The molecule has 0 aliphatic rings. The number of benzene rings is 2. The fraction of sp³-hybridized carbons (Fsp3) is 0.250. The molecule has 0 spiro atoms. The van der Waals surface area contributed by atoms with Gasteiger partial charge in [0.2, 0.25) is 5.91 Å². The van der Waals surface area contributed by atoms with E-state index in [4.69, 9.17) is 0 Å². The van der Waals surface area contributed by atoms with Crippen LogP contribution < -0.4 is 15.8 Å². The molecule has 0 bridgehead atoms. The van der Waals surface area contributed by atoms with Crippen LogP contribution in [0.1, 0.15) is 12.0 Å². The van der Waals surface area contributed by atoms with Gasteiger partial charge in [-0.05, 0) is 30.7 Å². The molecule has 3 aromatic rings. The third-order valence-corrected chi connectivity index (χ3v) is 4.29. The Balaban J connectivity index is 1.74. The van der Waals surface area contributed by atoms with Crippen molar-refractivity contribution in [3.05, 3.63) is 64.7 Å². The zero-order valence-corrected chi connectivity index (χ0v) is 15.2. The van der Waals surface area contributed by atoms with E-state index in [1.54, 1.807) is 6.07 Å². The summed E-state index contributed by atoms with van der Waals surface area (Å²) in [5.41, 5.74) is 3.23. The number of nitrogens with zero attached hydrogens (tertiary/aromatic N) is 3. The van der Waals surface area contributed by atoms with E-state index in [1.165, 1.54) is 10.9 Å². The Morgan fingerprint density at radius 1 is 1.15 bits per heavy atom. The van der Waals surface area contributed by atoms with E-state index in [9.17, 15) is 9.59 Å². The molecule has 6 nitrogen and oxygen atoms in total. The summed E-state index contributed by atoms with van der Waals surface area (Å²) in [5.74, 6) is -0.143. The zero-order chi connectivity index (χ0) is 18.7. The smallest absolute Gasteiger partial charge is 0.261 e. The van der Waals surface area contributed by atoms with Crippen LogP contribution in [0.3, 0.4) is 0 Å². The maximum Gasteiger partial charge on any atom is 0.261 e. The van der Waals surface area contributed by atoms with Gasteiger partial charge in [0.05, 0.1) is 28.6 Å². The van der Waals surface area contributed by atoms with E-state index in [0.29, 0.717) is 10.9 Å². The molecule has 26 heavy (non-hydrogen) atoms. The Morgan fingerprint density at radius 2 is 1.92 bits per heavy atom. The monoisotopic (exact) mass is 350 g/mol. The van der Waals surface area contributed by atoms with E-state index in [2.05, 4.69) is 10.3 Å². The van der Waals surface area contributed by atoms with Crippen molar-refractivity contribution < 1.29 is 4.79 Å².